The number of nitrogen functional groups attached to an aromatic ring is 1. The van der Waals surface area contributed by atoms with Gasteiger partial charge in [0.25, 0.3) is 0 Å². The van der Waals surface area contributed by atoms with Crippen LogP contribution < -0.4 is 11.1 Å². The van der Waals surface area contributed by atoms with Crippen molar-refractivity contribution in [2.24, 2.45) is 0 Å². The van der Waals surface area contributed by atoms with Gasteiger partial charge in [-0.25, -0.2) is 0 Å². The van der Waals surface area contributed by atoms with E-state index in [1.54, 1.807) is 6.08 Å². The van der Waals surface area contributed by atoms with Gasteiger partial charge in [-0.05, 0) is 32.4 Å². The summed E-state index contributed by atoms with van der Waals surface area (Å²) < 4.78 is 4.98. The van der Waals surface area contributed by atoms with Crippen LogP contribution in [0.2, 0.25) is 0 Å². The van der Waals surface area contributed by atoms with Crippen LogP contribution in [0.5, 0.6) is 0 Å². The summed E-state index contributed by atoms with van der Waals surface area (Å²) in [5.41, 5.74) is 7.45. The van der Waals surface area contributed by atoms with Crippen molar-refractivity contribution in [3.8, 4) is 0 Å². The van der Waals surface area contributed by atoms with Crippen LogP contribution in [-0.4, -0.2) is 18.6 Å². The van der Waals surface area contributed by atoms with Gasteiger partial charge in [-0.3, -0.25) is 4.79 Å². The van der Waals surface area contributed by atoms with E-state index in [9.17, 15) is 4.79 Å². The van der Waals surface area contributed by atoms with Gasteiger partial charge in [-0.1, -0.05) is 31.6 Å². The fourth-order valence-electron chi connectivity index (χ4n) is 1.84. The lowest BCUT2D eigenvalue weighted by Gasteiger charge is -2.19. The minimum atomic E-state index is -0.169. The monoisotopic (exact) mass is 292 g/mol. The van der Waals surface area contributed by atoms with Crippen LogP contribution >= 0.6 is 0 Å². The number of para-hydroxylation sites is 2. The van der Waals surface area contributed by atoms with Crippen molar-refractivity contribution in [1.82, 2.24) is 0 Å². The molecular formula is C17H28N2O2. The third kappa shape index (κ3) is 8.74. The normalized spacial score (nSPS) is 10.8. The maximum Gasteiger partial charge on any atom is 0.307 e. The highest BCUT2D eigenvalue weighted by Gasteiger charge is 2.14. The van der Waals surface area contributed by atoms with Gasteiger partial charge in [-0.15, -0.1) is 6.58 Å². The Balaban J connectivity index is 0.00000122. The zero-order valence-electron chi connectivity index (χ0n) is 13.4. The summed E-state index contributed by atoms with van der Waals surface area (Å²) in [5.74, 6) is -0.169. The minimum Gasteiger partial charge on any atom is -0.466 e. The third-order valence-corrected chi connectivity index (χ3v) is 2.68. The number of anilines is 2. The molecule has 1 atom stereocenters. The SMILES string of the molecule is C=CC.CCCC(CC(=O)OCC)Nc1ccccc1N. The van der Waals surface area contributed by atoms with Crippen molar-refractivity contribution in [2.75, 3.05) is 17.7 Å². The Morgan fingerprint density at radius 2 is 2.05 bits per heavy atom. The molecule has 4 heteroatoms. The number of nitrogens with one attached hydrogen (secondary N) is 1. The summed E-state index contributed by atoms with van der Waals surface area (Å²) >= 11 is 0. The van der Waals surface area contributed by atoms with Gasteiger partial charge in [0.1, 0.15) is 0 Å². The van der Waals surface area contributed by atoms with Crippen LogP contribution in [0.15, 0.2) is 36.9 Å². The van der Waals surface area contributed by atoms with Crippen LogP contribution in [0.1, 0.15) is 40.0 Å². The topological polar surface area (TPSA) is 64.3 Å². The van der Waals surface area contributed by atoms with E-state index in [1.807, 2.05) is 38.1 Å². The number of hydrogen-bond donors (Lipinski definition) is 2. The number of carbonyl (C=O) groups excluding carboxylic acids is 1. The molecular weight excluding hydrogens is 264 g/mol. The lowest BCUT2D eigenvalue weighted by Crippen LogP contribution is -2.24. The molecule has 4 nitrogen and oxygen atoms in total. The standard InChI is InChI=1S/C14H22N2O2.C3H6/c1-3-7-11(10-14(17)18-4-2)16-13-9-6-5-8-12(13)15;1-3-2/h5-6,8-9,11,16H,3-4,7,10,15H2,1-2H3;3H,1H2,2H3. The molecule has 0 fully saturated rings. The van der Waals surface area contributed by atoms with Crippen LogP contribution in [0.25, 0.3) is 0 Å². The number of benzene rings is 1. The number of carbonyl (C=O) groups is 1. The fraction of sp³-hybridized carbons (Fsp3) is 0.471. The maximum atomic E-state index is 11.5. The molecule has 1 unspecified atom stereocenters. The highest BCUT2D eigenvalue weighted by molar-refractivity contribution is 5.72. The second-order valence-corrected chi connectivity index (χ2v) is 4.63. The van der Waals surface area contributed by atoms with E-state index in [1.165, 1.54) is 0 Å². The minimum absolute atomic E-state index is 0.0683. The number of allylic oxidation sites excluding steroid dienone is 1. The maximum absolute atomic E-state index is 11.5. The van der Waals surface area contributed by atoms with E-state index in [0.717, 1.165) is 18.5 Å². The van der Waals surface area contributed by atoms with Crippen molar-refractivity contribution >= 4 is 17.3 Å². The molecule has 0 saturated heterocycles. The molecule has 3 N–H and O–H groups in total. The van der Waals surface area contributed by atoms with Crippen molar-refractivity contribution < 1.29 is 9.53 Å². The number of esters is 1. The van der Waals surface area contributed by atoms with Crippen LogP contribution in [0.3, 0.4) is 0 Å². The molecule has 1 aromatic rings. The summed E-state index contributed by atoms with van der Waals surface area (Å²) in [5, 5.41) is 3.31. The van der Waals surface area contributed by atoms with Gasteiger partial charge in [0.15, 0.2) is 0 Å². The largest absolute Gasteiger partial charge is 0.466 e. The first-order chi connectivity index (χ1) is 10.1. The van der Waals surface area contributed by atoms with Gasteiger partial charge < -0.3 is 15.8 Å². The van der Waals surface area contributed by atoms with E-state index in [2.05, 4.69) is 18.8 Å². The molecule has 0 bridgehead atoms. The lowest BCUT2D eigenvalue weighted by molar-refractivity contribution is -0.143. The Kier molecular flexibility index (Phi) is 10.7. The average molecular weight is 292 g/mol. The molecule has 0 spiro atoms. The first-order valence-electron chi connectivity index (χ1n) is 7.42. The predicted molar refractivity (Wildman–Crippen MR) is 90.3 cm³/mol. The molecule has 0 aliphatic rings. The molecule has 0 heterocycles. The molecule has 0 radical (unpaired) electrons. The van der Waals surface area contributed by atoms with Gasteiger partial charge in [0, 0.05) is 6.04 Å². The Morgan fingerprint density at radius 1 is 1.43 bits per heavy atom. The summed E-state index contributed by atoms with van der Waals surface area (Å²) in [7, 11) is 0. The van der Waals surface area contributed by atoms with Crippen molar-refractivity contribution in [3.05, 3.63) is 36.9 Å². The fourth-order valence-corrected chi connectivity index (χ4v) is 1.84. The Morgan fingerprint density at radius 3 is 2.57 bits per heavy atom. The average Bonchev–Trinajstić information content (AvgIpc) is 2.43. The van der Waals surface area contributed by atoms with Crippen LogP contribution in [-0.2, 0) is 9.53 Å². The van der Waals surface area contributed by atoms with Gasteiger partial charge in [0.05, 0.1) is 24.4 Å². The first-order valence-corrected chi connectivity index (χ1v) is 7.42. The Labute approximate surface area is 128 Å². The van der Waals surface area contributed by atoms with E-state index >= 15 is 0 Å². The summed E-state index contributed by atoms with van der Waals surface area (Å²) in [6.45, 7) is 9.58. The number of ether oxygens (including phenoxy) is 1. The smallest absolute Gasteiger partial charge is 0.307 e. The summed E-state index contributed by atoms with van der Waals surface area (Å²) in [6.07, 6.45) is 4.03. The van der Waals surface area contributed by atoms with E-state index in [-0.39, 0.29) is 12.0 Å². The molecule has 1 rings (SSSR count). The Bertz CT molecular complexity index is 419. The van der Waals surface area contributed by atoms with E-state index in [0.29, 0.717) is 18.7 Å². The van der Waals surface area contributed by atoms with Crippen molar-refractivity contribution in [1.29, 1.82) is 0 Å². The van der Waals surface area contributed by atoms with Gasteiger partial charge >= 0.3 is 5.97 Å². The van der Waals surface area contributed by atoms with Gasteiger partial charge in [0.2, 0.25) is 0 Å². The predicted octanol–water partition coefficient (Wildman–Crippen LogP) is 3.99. The van der Waals surface area contributed by atoms with Crippen molar-refractivity contribution in [2.45, 2.75) is 46.1 Å². The highest BCUT2D eigenvalue weighted by atomic mass is 16.5. The second kappa shape index (κ2) is 11.8. The zero-order chi connectivity index (χ0) is 16.1. The van der Waals surface area contributed by atoms with Crippen LogP contribution in [0.4, 0.5) is 11.4 Å². The number of nitrogens with two attached hydrogens (primary N) is 1. The molecule has 0 aliphatic carbocycles. The second-order valence-electron chi connectivity index (χ2n) is 4.63. The highest BCUT2D eigenvalue weighted by Crippen LogP contribution is 2.20. The first kappa shape index (κ1) is 19.0. The lowest BCUT2D eigenvalue weighted by atomic mass is 10.1. The van der Waals surface area contributed by atoms with Gasteiger partial charge in [-0.2, -0.15) is 0 Å². The third-order valence-electron chi connectivity index (χ3n) is 2.68. The molecule has 0 saturated carbocycles. The molecule has 0 aliphatic heterocycles. The molecule has 0 aromatic heterocycles. The summed E-state index contributed by atoms with van der Waals surface area (Å²) in [6, 6.07) is 7.64. The summed E-state index contributed by atoms with van der Waals surface area (Å²) in [4.78, 5) is 11.5. The Hall–Kier alpha value is -1.97. The van der Waals surface area contributed by atoms with E-state index in [4.69, 9.17) is 10.5 Å². The molecule has 118 valence electrons. The van der Waals surface area contributed by atoms with Crippen molar-refractivity contribution in [3.63, 3.8) is 0 Å². The number of rotatable bonds is 7. The molecule has 1 aromatic carbocycles. The molecule has 0 amide bonds. The quantitative estimate of drug-likeness (QED) is 0.453. The van der Waals surface area contributed by atoms with Crippen LogP contribution in [0, 0.1) is 0 Å². The molecule has 21 heavy (non-hydrogen) atoms. The van der Waals surface area contributed by atoms with E-state index < -0.39 is 0 Å². The number of hydrogen-bond acceptors (Lipinski definition) is 4. The zero-order valence-corrected chi connectivity index (χ0v) is 13.4.